The van der Waals surface area contributed by atoms with Gasteiger partial charge in [0.2, 0.25) is 0 Å². The number of quaternary nitrogens is 1. The highest BCUT2D eigenvalue weighted by molar-refractivity contribution is 5.80. The Morgan fingerprint density at radius 3 is 3.00 bits per heavy atom. The lowest BCUT2D eigenvalue weighted by Gasteiger charge is -2.32. The fraction of sp³-hybridized carbons (Fsp3) is 0.500. The van der Waals surface area contributed by atoms with Gasteiger partial charge in [-0.3, -0.25) is 0 Å². The fourth-order valence-corrected chi connectivity index (χ4v) is 3.62. The number of likely N-dealkylation sites (tertiary alicyclic amines) is 1. The van der Waals surface area contributed by atoms with E-state index in [1.165, 1.54) is 23.3 Å². The van der Waals surface area contributed by atoms with Crippen LogP contribution < -0.4 is 10.5 Å². The Hall–Kier alpha value is -1.65. The van der Waals surface area contributed by atoms with Gasteiger partial charge in [0.15, 0.2) is 0 Å². The monoisotopic (exact) mass is 302 g/mol. The maximum atomic E-state index is 11.8. The Kier molecular flexibility index (Phi) is 4.60. The summed E-state index contributed by atoms with van der Waals surface area (Å²) in [5.74, 6) is 0. The van der Waals surface area contributed by atoms with E-state index in [0.717, 1.165) is 36.9 Å². The molecular weight excluding hydrogens is 278 g/mol. The van der Waals surface area contributed by atoms with Gasteiger partial charge in [0.25, 0.3) is 0 Å². The average Bonchev–Trinajstić information content (AvgIpc) is 2.50. The van der Waals surface area contributed by atoms with Crippen molar-refractivity contribution in [3.8, 4) is 0 Å². The van der Waals surface area contributed by atoms with Crippen LogP contribution in [0.1, 0.15) is 36.8 Å². The van der Waals surface area contributed by atoms with Crippen LogP contribution in [0.3, 0.4) is 0 Å². The van der Waals surface area contributed by atoms with Gasteiger partial charge >= 0.3 is 5.63 Å². The van der Waals surface area contributed by atoms with Crippen LogP contribution in [0.4, 0.5) is 0 Å². The van der Waals surface area contributed by atoms with E-state index in [-0.39, 0.29) is 12.2 Å². The lowest BCUT2D eigenvalue weighted by Crippen LogP contribution is -3.15. The second kappa shape index (κ2) is 6.63. The molecule has 1 aliphatic heterocycles. The molecule has 4 heteroatoms. The maximum absolute atomic E-state index is 11.8. The number of hydrogen-bond acceptors (Lipinski definition) is 3. The highest BCUT2D eigenvalue weighted by Crippen LogP contribution is 2.18. The van der Waals surface area contributed by atoms with Crippen LogP contribution in [0.2, 0.25) is 0 Å². The number of nitrogens with one attached hydrogen (secondary N) is 1. The van der Waals surface area contributed by atoms with Gasteiger partial charge in [-0.05, 0) is 38.3 Å². The fourth-order valence-electron chi connectivity index (χ4n) is 3.62. The quantitative estimate of drug-likeness (QED) is 0.840. The van der Waals surface area contributed by atoms with Gasteiger partial charge in [-0.2, -0.15) is 0 Å². The molecule has 0 bridgehead atoms. The predicted octanol–water partition coefficient (Wildman–Crippen LogP) is 1.42. The van der Waals surface area contributed by atoms with Crippen molar-refractivity contribution in [2.45, 2.75) is 45.2 Å². The second-order valence-electron chi connectivity index (χ2n) is 6.38. The molecule has 118 valence electrons. The predicted molar refractivity (Wildman–Crippen MR) is 86.1 cm³/mol. The molecule has 0 aliphatic carbocycles. The van der Waals surface area contributed by atoms with E-state index in [4.69, 9.17) is 4.42 Å². The Balaban J connectivity index is 1.95. The molecule has 2 N–H and O–H groups in total. The number of fused-ring (bicyclic) bond motifs is 1. The zero-order chi connectivity index (χ0) is 15.5. The lowest BCUT2D eigenvalue weighted by molar-refractivity contribution is -0.944. The lowest BCUT2D eigenvalue weighted by atomic mass is 9.98. The molecule has 1 aliphatic rings. The number of rotatable bonds is 4. The average molecular weight is 302 g/mol. The van der Waals surface area contributed by atoms with Crippen molar-refractivity contribution < 1.29 is 14.4 Å². The van der Waals surface area contributed by atoms with Gasteiger partial charge in [0.05, 0.1) is 12.6 Å². The van der Waals surface area contributed by atoms with Gasteiger partial charge in [-0.25, -0.2) is 4.79 Å². The van der Waals surface area contributed by atoms with Crippen molar-refractivity contribution in [3.63, 3.8) is 0 Å². The van der Waals surface area contributed by atoms with Gasteiger partial charge in [-0.1, -0.05) is 11.6 Å². The standard InChI is InChI=1S/C18H23NO3/c1-13-5-6-17-16(10-13)14(11-18(21)22-17)12-19-8-3-2-4-15(19)7-9-20/h5-6,10-11,15,20H,2-4,7-9,12H2,1H3/p+1/t15-/m0/s1. The van der Waals surface area contributed by atoms with E-state index in [2.05, 4.69) is 13.0 Å². The summed E-state index contributed by atoms with van der Waals surface area (Å²) >= 11 is 0. The van der Waals surface area contributed by atoms with E-state index >= 15 is 0 Å². The summed E-state index contributed by atoms with van der Waals surface area (Å²) in [5, 5.41) is 10.3. The third-order valence-corrected chi connectivity index (χ3v) is 4.76. The van der Waals surface area contributed by atoms with Gasteiger partial charge in [0.1, 0.15) is 12.1 Å². The van der Waals surface area contributed by atoms with Crippen LogP contribution in [0.15, 0.2) is 33.5 Å². The molecule has 3 rings (SSSR count). The normalized spacial score (nSPS) is 22.1. The first kappa shape index (κ1) is 15.3. The molecule has 1 aromatic carbocycles. The zero-order valence-corrected chi connectivity index (χ0v) is 13.1. The van der Waals surface area contributed by atoms with Gasteiger partial charge in [-0.15, -0.1) is 0 Å². The van der Waals surface area contributed by atoms with Crippen LogP contribution in [-0.2, 0) is 6.54 Å². The third-order valence-electron chi connectivity index (χ3n) is 4.76. The third kappa shape index (κ3) is 3.23. The highest BCUT2D eigenvalue weighted by Gasteiger charge is 2.26. The number of hydrogen-bond donors (Lipinski definition) is 2. The van der Waals surface area contributed by atoms with Crippen molar-refractivity contribution in [1.82, 2.24) is 0 Å². The molecule has 0 saturated carbocycles. The molecule has 0 amide bonds. The molecule has 0 spiro atoms. The molecule has 2 heterocycles. The minimum atomic E-state index is -0.276. The van der Waals surface area contributed by atoms with E-state index in [0.29, 0.717) is 11.6 Å². The van der Waals surface area contributed by atoms with Crippen molar-refractivity contribution in [1.29, 1.82) is 0 Å². The topological polar surface area (TPSA) is 54.9 Å². The summed E-state index contributed by atoms with van der Waals surface area (Å²) in [4.78, 5) is 13.3. The summed E-state index contributed by atoms with van der Waals surface area (Å²) in [6, 6.07) is 8.08. The first-order valence-corrected chi connectivity index (χ1v) is 8.16. The molecular formula is C18H24NO3+. The van der Waals surface area contributed by atoms with Crippen molar-refractivity contribution in [2.24, 2.45) is 0 Å². The molecule has 1 unspecified atom stereocenters. The van der Waals surface area contributed by atoms with Gasteiger partial charge in [0, 0.05) is 30.0 Å². The minimum absolute atomic E-state index is 0.241. The number of aryl methyl sites for hydroxylation is 1. The smallest absolute Gasteiger partial charge is 0.336 e. The maximum Gasteiger partial charge on any atom is 0.336 e. The van der Waals surface area contributed by atoms with E-state index in [9.17, 15) is 9.90 Å². The minimum Gasteiger partial charge on any atom is -0.423 e. The Morgan fingerprint density at radius 2 is 2.18 bits per heavy atom. The molecule has 22 heavy (non-hydrogen) atoms. The zero-order valence-electron chi connectivity index (χ0n) is 13.1. The summed E-state index contributed by atoms with van der Waals surface area (Å²) in [7, 11) is 0. The summed E-state index contributed by atoms with van der Waals surface area (Å²) in [6.07, 6.45) is 4.46. The number of aliphatic hydroxyl groups is 1. The summed E-state index contributed by atoms with van der Waals surface area (Å²) in [6.45, 7) is 4.23. The number of piperidine rings is 1. The van der Waals surface area contributed by atoms with Crippen LogP contribution in [0.25, 0.3) is 11.0 Å². The van der Waals surface area contributed by atoms with E-state index in [1.807, 2.05) is 12.1 Å². The molecule has 1 aromatic heterocycles. The van der Waals surface area contributed by atoms with Crippen LogP contribution in [-0.4, -0.2) is 24.3 Å². The van der Waals surface area contributed by atoms with Crippen LogP contribution in [0, 0.1) is 6.92 Å². The molecule has 1 saturated heterocycles. The number of benzene rings is 1. The van der Waals surface area contributed by atoms with E-state index in [1.54, 1.807) is 6.07 Å². The first-order valence-electron chi connectivity index (χ1n) is 8.16. The SMILES string of the molecule is Cc1ccc2oc(=O)cc(C[NH+]3CCCC[C@H]3CCO)c2c1. The van der Waals surface area contributed by atoms with Crippen molar-refractivity contribution >= 4 is 11.0 Å². The Bertz CT molecular complexity index is 705. The summed E-state index contributed by atoms with van der Waals surface area (Å²) < 4.78 is 5.32. The summed E-state index contributed by atoms with van der Waals surface area (Å²) in [5.41, 5.74) is 2.63. The highest BCUT2D eigenvalue weighted by atomic mass is 16.4. The van der Waals surface area contributed by atoms with Crippen LogP contribution in [0.5, 0.6) is 0 Å². The van der Waals surface area contributed by atoms with E-state index < -0.39 is 0 Å². The molecule has 2 aromatic rings. The molecule has 0 radical (unpaired) electrons. The Labute approximate surface area is 130 Å². The second-order valence-corrected chi connectivity index (χ2v) is 6.38. The molecule has 4 nitrogen and oxygen atoms in total. The number of aliphatic hydroxyl groups excluding tert-OH is 1. The molecule has 2 atom stereocenters. The van der Waals surface area contributed by atoms with Crippen molar-refractivity contribution in [3.05, 3.63) is 45.8 Å². The van der Waals surface area contributed by atoms with Crippen LogP contribution >= 0.6 is 0 Å². The van der Waals surface area contributed by atoms with Crippen molar-refractivity contribution in [2.75, 3.05) is 13.2 Å². The first-order chi connectivity index (χ1) is 10.7. The largest absolute Gasteiger partial charge is 0.423 e. The molecule has 1 fully saturated rings. The Morgan fingerprint density at radius 1 is 1.32 bits per heavy atom. The van der Waals surface area contributed by atoms with Gasteiger partial charge < -0.3 is 14.4 Å².